The quantitative estimate of drug-likeness (QED) is 0.624. The normalized spacial score (nSPS) is 11.0. The molecule has 2 heterocycles. The van der Waals surface area contributed by atoms with Gasteiger partial charge in [0.05, 0.1) is 5.52 Å². The molecular weight excluding hydrogens is 222 g/mol. The second-order valence-electron chi connectivity index (χ2n) is 3.39. The first-order valence-electron chi connectivity index (χ1n) is 4.69. The van der Waals surface area contributed by atoms with Crippen LogP contribution in [0.4, 0.5) is 11.5 Å². The average Bonchev–Trinajstić information content (AvgIpc) is 2.87. The Morgan fingerprint density at radius 3 is 2.88 bits per heavy atom. The van der Waals surface area contributed by atoms with E-state index in [0.29, 0.717) is 11.5 Å². The molecule has 0 amide bonds. The second-order valence-corrected chi connectivity index (χ2v) is 4.26. The van der Waals surface area contributed by atoms with Gasteiger partial charge in [0, 0.05) is 22.7 Å². The van der Waals surface area contributed by atoms with E-state index in [-0.39, 0.29) is 0 Å². The van der Waals surface area contributed by atoms with Gasteiger partial charge in [0.2, 0.25) is 5.13 Å². The lowest BCUT2D eigenvalue weighted by Gasteiger charge is -1.97. The summed E-state index contributed by atoms with van der Waals surface area (Å²) in [7, 11) is 0. The number of hydrogen-bond donors (Lipinski definition) is 2. The van der Waals surface area contributed by atoms with Gasteiger partial charge in [0.25, 0.3) is 0 Å². The topological polar surface area (TPSA) is 82.8 Å². The predicted octanol–water partition coefficient (Wildman–Crippen LogP) is 1.65. The fourth-order valence-electron chi connectivity index (χ4n) is 1.63. The fraction of sp³-hybridized carbons (Fsp3) is 0. The van der Waals surface area contributed by atoms with Crippen molar-refractivity contribution >= 4 is 33.7 Å². The van der Waals surface area contributed by atoms with E-state index >= 15 is 0 Å². The highest BCUT2D eigenvalue weighted by Gasteiger charge is 2.10. The summed E-state index contributed by atoms with van der Waals surface area (Å²) in [6.07, 6.45) is 1.74. The lowest BCUT2D eigenvalue weighted by Crippen LogP contribution is -1.96. The Morgan fingerprint density at radius 2 is 2.12 bits per heavy atom. The van der Waals surface area contributed by atoms with Gasteiger partial charge in [-0.25, -0.2) is 9.67 Å². The molecule has 3 rings (SSSR count). The number of anilines is 2. The van der Waals surface area contributed by atoms with Gasteiger partial charge < -0.3 is 11.5 Å². The molecule has 0 unspecified atom stereocenters. The summed E-state index contributed by atoms with van der Waals surface area (Å²) in [4.78, 5) is 4.20. The third kappa shape index (κ3) is 1.24. The fourth-order valence-corrected chi connectivity index (χ4v) is 2.23. The van der Waals surface area contributed by atoms with Crippen molar-refractivity contribution in [1.82, 2.24) is 14.8 Å². The minimum absolute atomic E-state index is 0.470. The van der Waals surface area contributed by atoms with Gasteiger partial charge in [0.15, 0.2) is 5.82 Å². The Balaban J connectivity index is 2.35. The first-order chi connectivity index (χ1) is 7.75. The standard InChI is InChI=1S/C10H9N5S/c11-6-1-2-8-7(5-6)9(12)14-15(8)10-13-3-4-16-10/h1-5H,11H2,(H2,12,14). The van der Waals surface area contributed by atoms with Crippen LogP contribution >= 0.6 is 11.3 Å². The summed E-state index contributed by atoms with van der Waals surface area (Å²) < 4.78 is 1.73. The maximum Gasteiger partial charge on any atom is 0.210 e. The third-order valence-corrected chi connectivity index (χ3v) is 3.08. The maximum absolute atomic E-state index is 5.84. The molecule has 5 nitrogen and oxygen atoms in total. The highest BCUT2D eigenvalue weighted by molar-refractivity contribution is 7.12. The monoisotopic (exact) mass is 231 g/mol. The van der Waals surface area contributed by atoms with E-state index in [2.05, 4.69) is 10.1 Å². The maximum atomic E-state index is 5.84. The number of nitrogen functional groups attached to an aromatic ring is 2. The van der Waals surface area contributed by atoms with Crippen LogP contribution < -0.4 is 11.5 Å². The lowest BCUT2D eigenvalue weighted by atomic mass is 10.2. The SMILES string of the molecule is Nc1ccc2c(c1)c(N)nn2-c1nccs1. The van der Waals surface area contributed by atoms with E-state index in [1.54, 1.807) is 10.9 Å². The Labute approximate surface area is 95.3 Å². The Hall–Kier alpha value is -2.08. The molecule has 80 valence electrons. The lowest BCUT2D eigenvalue weighted by molar-refractivity contribution is 0.904. The summed E-state index contributed by atoms with van der Waals surface area (Å²) in [5.41, 5.74) is 13.2. The summed E-state index contributed by atoms with van der Waals surface area (Å²) in [5.74, 6) is 0.470. The minimum atomic E-state index is 0.470. The molecule has 0 aliphatic heterocycles. The predicted molar refractivity (Wildman–Crippen MR) is 65.6 cm³/mol. The molecule has 0 atom stereocenters. The molecule has 16 heavy (non-hydrogen) atoms. The number of nitrogens with zero attached hydrogens (tertiary/aromatic N) is 3. The molecule has 0 fully saturated rings. The zero-order chi connectivity index (χ0) is 11.1. The third-order valence-electron chi connectivity index (χ3n) is 2.33. The van der Waals surface area contributed by atoms with Crippen LogP contribution in [0.1, 0.15) is 0 Å². The summed E-state index contributed by atoms with van der Waals surface area (Å²) in [6, 6.07) is 5.55. The molecule has 4 N–H and O–H groups in total. The van der Waals surface area contributed by atoms with Crippen LogP contribution in [0, 0.1) is 0 Å². The Kier molecular flexibility index (Phi) is 1.84. The molecular formula is C10H9N5S. The Morgan fingerprint density at radius 1 is 1.25 bits per heavy atom. The van der Waals surface area contributed by atoms with Crippen molar-refractivity contribution in [1.29, 1.82) is 0 Å². The molecule has 3 aromatic rings. The van der Waals surface area contributed by atoms with Crippen molar-refractivity contribution in [2.45, 2.75) is 0 Å². The number of fused-ring (bicyclic) bond motifs is 1. The largest absolute Gasteiger partial charge is 0.399 e. The van der Waals surface area contributed by atoms with Crippen molar-refractivity contribution in [3.63, 3.8) is 0 Å². The van der Waals surface area contributed by atoms with E-state index in [1.807, 2.05) is 23.6 Å². The smallest absolute Gasteiger partial charge is 0.210 e. The highest BCUT2D eigenvalue weighted by atomic mass is 32.1. The molecule has 0 spiro atoms. The van der Waals surface area contributed by atoms with E-state index < -0.39 is 0 Å². The van der Waals surface area contributed by atoms with Crippen molar-refractivity contribution in [2.75, 3.05) is 11.5 Å². The van der Waals surface area contributed by atoms with Gasteiger partial charge in [-0.1, -0.05) is 0 Å². The van der Waals surface area contributed by atoms with Gasteiger partial charge in [-0.05, 0) is 18.2 Å². The van der Waals surface area contributed by atoms with E-state index in [9.17, 15) is 0 Å². The zero-order valence-electron chi connectivity index (χ0n) is 8.29. The van der Waals surface area contributed by atoms with E-state index in [1.165, 1.54) is 11.3 Å². The van der Waals surface area contributed by atoms with Crippen LogP contribution in [0.25, 0.3) is 16.0 Å². The van der Waals surface area contributed by atoms with Gasteiger partial charge in [-0.2, -0.15) is 0 Å². The summed E-state index contributed by atoms with van der Waals surface area (Å²) >= 11 is 1.51. The number of nitrogens with two attached hydrogens (primary N) is 2. The molecule has 0 aliphatic carbocycles. The molecule has 1 aromatic carbocycles. The molecule has 0 saturated heterocycles. The van der Waals surface area contributed by atoms with E-state index in [0.717, 1.165) is 16.0 Å². The van der Waals surface area contributed by atoms with Crippen LogP contribution in [-0.4, -0.2) is 14.8 Å². The van der Waals surface area contributed by atoms with Crippen LogP contribution in [0.5, 0.6) is 0 Å². The number of aromatic nitrogens is 3. The first kappa shape index (κ1) is 9.17. The Bertz CT molecular complexity index is 641. The molecule has 0 radical (unpaired) electrons. The van der Waals surface area contributed by atoms with Crippen molar-refractivity contribution in [3.8, 4) is 5.13 Å². The van der Waals surface area contributed by atoms with E-state index in [4.69, 9.17) is 11.5 Å². The zero-order valence-corrected chi connectivity index (χ0v) is 9.11. The number of hydrogen-bond acceptors (Lipinski definition) is 5. The van der Waals surface area contributed by atoms with Crippen LogP contribution in [0.15, 0.2) is 29.8 Å². The van der Waals surface area contributed by atoms with Gasteiger partial charge >= 0.3 is 0 Å². The van der Waals surface area contributed by atoms with Crippen molar-refractivity contribution in [2.24, 2.45) is 0 Å². The summed E-state index contributed by atoms with van der Waals surface area (Å²) in [5, 5.41) is 7.81. The molecule has 0 aliphatic rings. The number of rotatable bonds is 1. The second kappa shape index (κ2) is 3.21. The molecule has 0 bridgehead atoms. The number of thiazole rings is 1. The van der Waals surface area contributed by atoms with Crippen LogP contribution in [0.3, 0.4) is 0 Å². The molecule has 6 heteroatoms. The molecule has 0 saturated carbocycles. The van der Waals surface area contributed by atoms with Crippen molar-refractivity contribution < 1.29 is 0 Å². The minimum Gasteiger partial charge on any atom is -0.399 e. The highest BCUT2D eigenvalue weighted by Crippen LogP contribution is 2.26. The van der Waals surface area contributed by atoms with Gasteiger partial charge in [-0.15, -0.1) is 16.4 Å². The number of benzene rings is 1. The van der Waals surface area contributed by atoms with Gasteiger partial charge in [-0.3, -0.25) is 0 Å². The molecule has 2 aromatic heterocycles. The van der Waals surface area contributed by atoms with Crippen LogP contribution in [-0.2, 0) is 0 Å². The first-order valence-corrected chi connectivity index (χ1v) is 5.57. The average molecular weight is 231 g/mol. The van der Waals surface area contributed by atoms with Crippen molar-refractivity contribution in [3.05, 3.63) is 29.8 Å². The van der Waals surface area contributed by atoms with Gasteiger partial charge in [0.1, 0.15) is 0 Å². The van der Waals surface area contributed by atoms with Crippen LogP contribution in [0.2, 0.25) is 0 Å². The summed E-state index contributed by atoms with van der Waals surface area (Å²) in [6.45, 7) is 0.